The summed E-state index contributed by atoms with van der Waals surface area (Å²) in [6.07, 6.45) is 0. The zero-order valence-electron chi connectivity index (χ0n) is 12.6. The highest BCUT2D eigenvalue weighted by Crippen LogP contribution is 2.25. The van der Waals surface area contributed by atoms with E-state index in [1.54, 1.807) is 19.2 Å². The summed E-state index contributed by atoms with van der Waals surface area (Å²) >= 11 is 0. The van der Waals surface area contributed by atoms with E-state index in [1.807, 2.05) is 35.8 Å². The van der Waals surface area contributed by atoms with E-state index in [2.05, 4.69) is 10.2 Å². The average Bonchev–Trinajstić information content (AvgIpc) is 2.96. The largest absolute Gasteiger partial charge is 0.497 e. The maximum atomic E-state index is 10.8. The molecule has 1 aromatic heterocycles. The molecule has 0 bridgehead atoms. The van der Waals surface area contributed by atoms with Crippen LogP contribution in [0.3, 0.4) is 0 Å². The zero-order chi connectivity index (χ0) is 16.4. The average molecular weight is 310 g/mol. The summed E-state index contributed by atoms with van der Waals surface area (Å²) in [4.78, 5) is 10.3. The molecule has 7 nitrogen and oxygen atoms in total. The zero-order valence-corrected chi connectivity index (χ0v) is 12.6. The Balaban J connectivity index is 2.05. The molecule has 0 amide bonds. The van der Waals surface area contributed by atoms with Crippen LogP contribution >= 0.6 is 0 Å². The number of methoxy groups -OCH3 is 1. The third-order valence-electron chi connectivity index (χ3n) is 3.49. The minimum Gasteiger partial charge on any atom is -0.497 e. The van der Waals surface area contributed by atoms with Crippen LogP contribution in [0.2, 0.25) is 0 Å². The third kappa shape index (κ3) is 2.76. The van der Waals surface area contributed by atoms with Crippen LogP contribution in [0.25, 0.3) is 17.1 Å². The smallest absolute Gasteiger partial charge is 0.269 e. The molecule has 23 heavy (non-hydrogen) atoms. The summed E-state index contributed by atoms with van der Waals surface area (Å²) in [5, 5.41) is 19.1. The van der Waals surface area contributed by atoms with E-state index >= 15 is 0 Å². The second kappa shape index (κ2) is 5.88. The number of non-ortho nitro benzene ring substituents is 1. The second-order valence-corrected chi connectivity index (χ2v) is 4.91. The lowest BCUT2D eigenvalue weighted by Gasteiger charge is -2.09. The molecule has 0 spiro atoms. The molecule has 1 heterocycles. The molecule has 3 rings (SSSR count). The molecule has 116 valence electrons. The molecular formula is C16H14N4O3. The molecule has 2 aromatic carbocycles. The topological polar surface area (TPSA) is 83.1 Å². The van der Waals surface area contributed by atoms with Gasteiger partial charge in [-0.05, 0) is 43.3 Å². The summed E-state index contributed by atoms with van der Waals surface area (Å²) in [5.41, 5.74) is 1.69. The van der Waals surface area contributed by atoms with Gasteiger partial charge in [-0.15, -0.1) is 10.2 Å². The Kier molecular flexibility index (Phi) is 3.76. The van der Waals surface area contributed by atoms with Crippen molar-refractivity contribution in [1.82, 2.24) is 14.8 Å². The highest BCUT2D eigenvalue weighted by atomic mass is 16.6. The molecule has 0 atom stereocenters. The van der Waals surface area contributed by atoms with E-state index in [1.165, 1.54) is 12.1 Å². The number of nitro groups is 1. The van der Waals surface area contributed by atoms with Crippen molar-refractivity contribution >= 4 is 5.69 Å². The van der Waals surface area contributed by atoms with Crippen LogP contribution in [0, 0.1) is 17.0 Å². The van der Waals surface area contributed by atoms with E-state index in [0.717, 1.165) is 22.8 Å². The van der Waals surface area contributed by atoms with Crippen LogP contribution in [0.5, 0.6) is 5.75 Å². The monoisotopic (exact) mass is 310 g/mol. The van der Waals surface area contributed by atoms with E-state index in [9.17, 15) is 10.1 Å². The fourth-order valence-electron chi connectivity index (χ4n) is 2.32. The first-order valence-electron chi connectivity index (χ1n) is 6.91. The van der Waals surface area contributed by atoms with Gasteiger partial charge < -0.3 is 4.74 Å². The maximum absolute atomic E-state index is 10.8. The van der Waals surface area contributed by atoms with Crippen LogP contribution in [-0.4, -0.2) is 26.8 Å². The van der Waals surface area contributed by atoms with Gasteiger partial charge in [0.1, 0.15) is 11.6 Å². The number of aryl methyl sites for hydroxylation is 1. The number of ether oxygens (including phenoxy) is 1. The number of nitrogens with zero attached hydrogens (tertiary/aromatic N) is 4. The van der Waals surface area contributed by atoms with Crippen molar-refractivity contribution in [3.05, 3.63) is 64.5 Å². The minimum atomic E-state index is -0.427. The number of rotatable bonds is 4. The Hall–Kier alpha value is -3.22. The van der Waals surface area contributed by atoms with Gasteiger partial charge in [0.05, 0.1) is 12.0 Å². The number of aromatic nitrogens is 3. The minimum absolute atomic E-state index is 0.0426. The van der Waals surface area contributed by atoms with Gasteiger partial charge in [0.25, 0.3) is 5.69 Å². The van der Waals surface area contributed by atoms with Gasteiger partial charge in [0.2, 0.25) is 0 Å². The quantitative estimate of drug-likeness (QED) is 0.546. The van der Waals surface area contributed by atoms with Crippen LogP contribution in [-0.2, 0) is 0 Å². The van der Waals surface area contributed by atoms with Crippen LogP contribution < -0.4 is 4.74 Å². The Morgan fingerprint density at radius 2 is 1.70 bits per heavy atom. The Morgan fingerprint density at radius 3 is 2.26 bits per heavy atom. The van der Waals surface area contributed by atoms with Gasteiger partial charge in [-0.3, -0.25) is 14.7 Å². The molecule has 3 aromatic rings. The summed E-state index contributed by atoms with van der Waals surface area (Å²) in [7, 11) is 1.61. The van der Waals surface area contributed by atoms with Crippen LogP contribution in [0.1, 0.15) is 5.82 Å². The maximum Gasteiger partial charge on any atom is 0.269 e. The Bertz CT molecular complexity index is 839. The lowest BCUT2D eigenvalue weighted by Crippen LogP contribution is -2.00. The summed E-state index contributed by atoms with van der Waals surface area (Å²) < 4.78 is 7.05. The molecule has 0 aliphatic heterocycles. The Labute approximate surface area is 132 Å². The van der Waals surface area contributed by atoms with Gasteiger partial charge in [0, 0.05) is 23.4 Å². The number of hydrogen-bond acceptors (Lipinski definition) is 5. The predicted molar refractivity (Wildman–Crippen MR) is 84.7 cm³/mol. The molecule has 0 aliphatic rings. The molecular weight excluding hydrogens is 296 g/mol. The molecule has 0 radical (unpaired) electrons. The SMILES string of the molecule is COc1ccc(-n2c(C)nnc2-c2ccc([N+](=O)[O-])cc2)cc1. The van der Waals surface area contributed by atoms with E-state index in [0.29, 0.717) is 5.82 Å². The molecule has 0 aliphatic carbocycles. The van der Waals surface area contributed by atoms with Crippen molar-refractivity contribution in [2.24, 2.45) is 0 Å². The fraction of sp³-hybridized carbons (Fsp3) is 0.125. The van der Waals surface area contributed by atoms with Crippen molar-refractivity contribution in [1.29, 1.82) is 0 Å². The van der Waals surface area contributed by atoms with Crippen molar-refractivity contribution in [2.45, 2.75) is 6.92 Å². The van der Waals surface area contributed by atoms with E-state index in [-0.39, 0.29) is 5.69 Å². The lowest BCUT2D eigenvalue weighted by atomic mass is 10.2. The van der Waals surface area contributed by atoms with Gasteiger partial charge >= 0.3 is 0 Å². The number of nitro benzene ring substituents is 1. The number of hydrogen-bond donors (Lipinski definition) is 0. The van der Waals surface area contributed by atoms with Gasteiger partial charge in [-0.25, -0.2) is 0 Å². The van der Waals surface area contributed by atoms with Crippen molar-refractivity contribution in [2.75, 3.05) is 7.11 Å². The standard InChI is InChI=1S/C16H14N4O3/c1-11-17-18-16(12-3-5-14(6-4-12)20(21)22)19(11)13-7-9-15(23-2)10-8-13/h3-10H,1-2H3. The first-order chi connectivity index (χ1) is 11.1. The highest BCUT2D eigenvalue weighted by Gasteiger charge is 2.14. The van der Waals surface area contributed by atoms with Crippen LogP contribution in [0.4, 0.5) is 5.69 Å². The molecule has 0 fully saturated rings. The lowest BCUT2D eigenvalue weighted by molar-refractivity contribution is -0.384. The predicted octanol–water partition coefficient (Wildman–Crippen LogP) is 3.16. The van der Waals surface area contributed by atoms with Crippen LogP contribution in [0.15, 0.2) is 48.5 Å². The van der Waals surface area contributed by atoms with E-state index in [4.69, 9.17) is 4.74 Å². The summed E-state index contributed by atoms with van der Waals surface area (Å²) in [6.45, 7) is 1.85. The highest BCUT2D eigenvalue weighted by molar-refractivity contribution is 5.60. The normalized spacial score (nSPS) is 10.5. The van der Waals surface area contributed by atoms with Crippen molar-refractivity contribution in [3.8, 4) is 22.8 Å². The molecule has 0 unspecified atom stereocenters. The molecule has 0 N–H and O–H groups in total. The fourth-order valence-corrected chi connectivity index (χ4v) is 2.32. The van der Waals surface area contributed by atoms with Gasteiger partial charge in [-0.1, -0.05) is 0 Å². The molecule has 7 heteroatoms. The van der Waals surface area contributed by atoms with Crippen molar-refractivity contribution < 1.29 is 9.66 Å². The van der Waals surface area contributed by atoms with Gasteiger partial charge in [-0.2, -0.15) is 0 Å². The number of benzene rings is 2. The molecule has 0 saturated heterocycles. The Morgan fingerprint density at radius 1 is 1.04 bits per heavy atom. The first kappa shape index (κ1) is 14.7. The molecule has 0 saturated carbocycles. The summed E-state index contributed by atoms with van der Waals surface area (Å²) in [6, 6.07) is 13.8. The van der Waals surface area contributed by atoms with Gasteiger partial charge in [0.15, 0.2) is 5.82 Å². The van der Waals surface area contributed by atoms with E-state index < -0.39 is 4.92 Å². The third-order valence-corrected chi connectivity index (χ3v) is 3.49. The summed E-state index contributed by atoms with van der Waals surface area (Å²) in [5.74, 6) is 2.11. The first-order valence-corrected chi connectivity index (χ1v) is 6.91. The van der Waals surface area contributed by atoms with Crippen molar-refractivity contribution in [3.63, 3.8) is 0 Å². The second-order valence-electron chi connectivity index (χ2n) is 4.91.